The van der Waals surface area contributed by atoms with Gasteiger partial charge in [-0.1, -0.05) is 12.1 Å². The van der Waals surface area contributed by atoms with Gasteiger partial charge in [0.15, 0.2) is 0 Å². The van der Waals surface area contributed by atoms with E-state index in [1.54, 1.807) is 48.9 Å². The number of fused-ring (bicyclic) bond motifs is 2. The van der Waals surface area contributed by atoms with Crippen LogP contribution in [0.4, 0.5) is 10.6 Å². The zero-order valence-corrected chi connectivity index (χ0v) is 18.2. The summed E-state index contributed by atoms with van der Waals surface area (Å²) in [6.07, 6.45) is 6.59. The monoisotopic (exact) mass is 448 g/mol. The van der Waals surface area contributed by atoms with Gasteiger partial charge in [0.1, 0.15) is 17.3 Å². The highest BCUT2D eigenvalue weighted by Crippen LogP contribution is 2.40. The second kappa shape index (κ2) is 8.40. The molecular weight excluding hydrogens is 428 g/mol. The van der Waals surface area contributed by atoms with Crippen molar-refractivity contribution in [3.63, 3.8) is 0 Å². The highest BCUT2D eigenvalue weighted by Gasteiger charge is 2.25. The maximum Gasteiger partial charge on any atom is 0.418 e. The summed E-state index contributed by atoms with van der Waals surface area (Å²) < 4.78 is 7.56. The Morgan fingerprint density at radius 3 is 2.65 bits per heavy atom. The average molecular weight is 448 g/mol. The lowest BCUT2D eigenvalue weighted by atomic mass is 9.96. The number of hydrogen-bond acceptors (Lipinski definition) is 6. The first-order valence-corrected chi connectivity index (χ1v) is 11.1. The summed E-state index contributed by atoms with van der Waals surface area (Å²) in [6, 6.07) is 18.6. The molecule has 5 aromatic rings. The predicted molar refractivity (Wildman–Crippen MR) is 128 cm³/mol. The molecule has 0 radical (unpaired) electrons. The normalized spacial score (nSPS) is 12.5. The first kappa shape index (κ1) is 20.0. The number of amides is 1. The van der Waals surface area contributed by atoms with E-state index >= 15 is 0 Å². The Morgan fingerprint density at radius 1 is 0.941 bits per heavy atom. The number of carbonyl (C=O) groups excluding carboxylic acids is 1. The van der Waals surface area contributed by atoms with Gasteiger partial charge in [0.2, 0.25) is 0 Å². The Kier molecular flexibility index (Phi) is 4.95. The van der Waals surface area contributed by atoms with Crippen LogP contribution in [0, 0.1) is 0 Å². The lowest BCUT2D eigenvalue weighted by molar-refractivity contribution is 0.215. The van der Waals surface area contributed by atoms with Gasteiger partial charge in [-0.15, -0.1) is 0 Å². The van der Waals surface area contributed by atoms with Crippen LogP contribution in [0.5, 0.6) is 5.75 Å². The van der Waals surface area contributed by atoms with Crippen LogP contribution in [0.25, 0.3) is 33.4 Å². The van der Waals surface area contributed by atoms with Gasteiger partial charge >= 0.3 is 6.09 Å². The molecule has 4 aromatic heterocycles. The second-order valence-electron chi connectivity index (χ2n) is 7.98. The van der Waals surface area contributed by atoms with Crippen LogP contribution in [0.2, 0.25) is 0 Å². The number of rotatable bonds is 4. The quantitative estimate of drug-likeness (QED) is 0.410. The van der Waals surface area contributed by atoms with Crippen molar-refractivity contribution in [1.82, 2.24) is 24.7 Å². The van der Waals surface area contributed by atoms with Gasteiger partial charge in [-0.05, 0) is 60.9 Å². The van der Waals surface area contributed by atoms with E-state index in [1.807, 2.05) is 30.3 Å². The summed E-state index contributed by atoms with van der Waals surface area (Å²) in [5, 5.41) is 8.46. The molecule has 1 N–H and O–H groups in total. The molecule has 34 heavy (non-hydrogen) atoms. The van der Waals surface area contributed by atoms with Crippen LogP contribution in [0.15, 0.2) is 79.3 Å². The molecule has 1 amide bonds. The largest absolute Gasteiger partial charge is 0.418 e. The Hall–Kier alpha value is -4.59. The van der Waals surface area contributed by atoms with E-state index in [4.69, 9.17) is 9.84 Å². The molecule has 1 aliphatic heterocycles. The van der Waals surface area contributed by atoms with Crippen molar-refractivity contribution in [2.75, 3.05) is 5.32 Å². The third-order valence-electron chi connectivity index (χ3n) is 5.84. The average Bonchev–Trinajstić information content (AvgIpc) is 3.46. The van der Waals surface area contributed by atoms with E-state index in [-0.39, 0.29) is 0 Å². The van der Waals surface area contributed by atoms with Crippen molar-refractivity contribution >= 4 is 22.8 Å². The molecule has 0 spiro atoms. The minimum absolute atomic E-state index is 0.399. The standard InChI is InChI=1S/C26H20N6O2/c33-26(30-23-8-2-4-13-29-23)34-17-9-10-18-19(11-14-28-21(18)16-17)24-22-7-5-15-32(22)31-25(24)20-6-1-3-12-27-20/h1-4,6,8-14,16H,5,7,15H2,(H,29,30,33). The topological polar surface area (TPSA) is 94.8 Å². The zero-order valence-electron chi connectivity index (χ0n) is 18.2. The molecule has 8 heteroatoms. The third kappa shape index (κ3) is 3.65. The van der Waals surface area contributed by atoms with Gasteiger partial charge in [0, 0.05) is 47.8 Å². The Morgan fingerprint density at radius 2 is 1.82 bits per heavy atom. The number of nitrogens with one attached hydrogen (secondary N) is 1. The van der Waals surface area contributed by atoms with Gasteiger partial charge in [-0.2, -0.15) is 5.10 Å². The molecule has 166 valence electrons. The van der Waals surface area contributed by atoms with Gasteiger partial charge in [0.25, 0.3) is 0 Å². The van der Waals surface area contributed by atoms with Crippen molar-refractivity contribution in [1.29, 1.82) is 0 Å². The minimum Gasteiger partial charge on any atom is -0.410 e. The summed E-state index contributed by atoms with van der Waals surface area (Å²) in [7, 11) is 0. The number of anilines is 1. The zero-order chi connectivity index (χ0) is 22.9. The maximum atomic E-state index is 12.3. The van der Waals surface area contributed by atoms with Crippen molar-refractivity contribution < 1.29 is 9.53 Å². The fourth-order valence-electron chi connectivity index (χ4n) is 4.38. The molecule has 0 bridgehead atoms. The van der Waals surface area contributed by atoms with E-state index in [1.165, 1.54) is 5.69 Å². The third-order valence-corrected chi connectivity index (χ3v) is 5.84. The summed E-state index contributed by atoms with van der Waals surface area (Å²) in [4.78, 5) is 25.4. The van der Waals surface area contributed by atoms with Crippen molar-refractivity contribution in [3.8, 4) is 28.3 Å². The van der Waals surface area contributed by atoms with Crippen molar-refractivity contribution in [3.05, 3.63) is 84.9 Å². The number of nitrogens with zero attached hydrogens (tertiary/aromatic N) is 5. The SMILES string of the molecule is O=C(Nc1ccccn1)Oc1ccc2c(-c3c(-c4ccccn4)nn4c3CCC4)ccnc2c1. The fraction of sp³-hybridized carbons (Fsp3) is 0.115. The molecule has 0 fully saturated rings. The molecule has 0 atom stereocenters. The smallest absolute Gasteiger partial charge is 0.410 e. The number of benzene rings is 1. The van der Waals surface area contributed by atoms with Gasteiger partial charge in [-0.3, -0.25) is 20.0 Å². The molecule has 0 unspecified atom stereocenters. The lowest BCUT2D eigenvalue weighted by Crippen LogP contribution is -2.17. The number of pyridine rings is 3. The Labute approximate surface area is 195 Å². The van der Waals surface area contributed by atoms with Crippen LogP contribution in [0.1, 0.15) is 12.1 Å². The molecule has 6 rings (SSSR count). The molecule has 1 aliphatic rings. The second-order valence-corrected chi connectivity index (χ2v) is 7.98. The molecule has 8 nitrogen and oxygen atoms in total. The first-order valence-electron chi connectivity index (χ1n) is 11.1. The summed E-state index contributed by atoms with van der Waals surface area (Å²) in [5.74, 6) is 0.821. The number of aryl methyl sites for hydroxylation is 1. The highest BCUT2D eigenvalue weighted by atomic mass is 16.6. The molecule has 0 saturated heterocycles. The number of aromatic nitrogens is 5. The summed E-state index contributed by atoms with van der Waals surface area (Å²) in [6.45, 7) is 0.904. The molecule has 0 aliphatic carbocycles. The lowest BCUT2D eigenvalue weighted by Gasteiger charge is -2.10. The first-order chi connectivity index (χ1) is 16.8. The van der Waals surface area contributed by atoms with Gasteiger partial charge in [0.05, 0.1) is 11.2 Å². The van der Waals surface area contributed by atoms with Gasteiger partial charge < -0.3 is 4.74 Å². The summed E-state index contributed by atoms with van der Waals surface area (Å²) in [5.41, 5.74) is 5.78. The van der Waals surface area contributed by atoms with Gasteiger partial charge in [-0.25, -0.2) is 9.78 Å². The number of carbonyl (C=O) groups is 1. The summed E-state index contributed by atoms with van der Waals surface area (Å²) >= 11 is 0. The molecule has 1 aromatic carbocycles. The fourth-order valence-corrected chi connectivity index (χ4v) is 4.38. The predicted octanol–water partition coefficient (Wildman–Crippen LogP) is 5.11. The molecular formula is C26H20N6O2. The highest BCUT2D eigenvalue weighted by molar-refractivity contribution is 5.99. The van der Waals surface area contributed by atoms with E-state index < -0.39 is 6.09 Å². The number of ether oxygens (including phenoxy) is 1. The van der Waals surface area contributed by atoms with E-state index in [2.05, 4.69) is 25.0 Å². The Balaban J connectivity index is 1.38. The van der Waals surface area contributed by atoms with Crippen LogP contribution < -0.4 is 10.1 Å². The van der Waals surface area contributed by atoms with E-state index in [9.17, 15) is 4.79 Å². The maximum absolute atomic E-state index is 12.3. The minimum atomic E-state index is -0.610. The van der Waals surface area contributed by atoms with Crippen molar-refractivity contribution in [2.45, 2.75) is 19.4 Å². The van der Waals surface area contributed by atoms with E-state index in [0.29, 0.717) is 11.6 Å². The van der Waals surface area contributed by atoms with Crippen LogP contribution in [-0.2, 0) is 13.0 Å². The molecule has 5 heterocycles. The Bertz CT molecular complexity index is 1500. The van der Waals surface area contributed by atoms with Crippen LogP contribution in [-0.4, -0.2) is 30.8 Å². The van der Waals surface area contributed by atoms with Crippen molar-refractivity contribution in [2.24, 2.45) is 0 Å². The van der Waals surface area contributed by atoms with E-state index in [0.717, 1.165) is 52.8 Å². The number of hydrogen-bond donors (Lipinski definition) is 1. The van der Waals surface area contributed by atoms with Crippen LogP contribution in [0.3, 0.4) is 0 Å². The molecule has 0 saturated carbocycles. The van der Waals surface area contributed by atoms with Crippen LogP contribution >= 0.6 is 0 Å².